The second-order valence-corrected chi connectivity index (χ2v) is 5.31. The monoisotopic (exact) mass is 287 g/mol. The van der Waals surface area contributed by atoms with Crippen molar-refractivity contribution in [3.63, 3.8) is 0 Å². The number of hydrogen-bond donors (Lipinski definition) is 1. The van der Waals surface area contributed by atoms with E-state index in [4.69, 9.17) is 4.74 Å². The van der Waals surface area contributed by atoms with Crippen LogP contribution in [0, 0.1) is 5.41 Å². The van der Waals surface area contributed by atoms with Gasteiger partial charge in [0.2, 0.25) is 5.91 Å². The fraction of sp³-hybridized carbons (Fsp3) is 0.867. The van der Waals surface area contributed by atoms with Crippen LogP contribution in [0.25, 0.3) is 0 Å². The Balaban J connectivity index is 5.01. The van der Waals surface area contributed by atoms with Crippen LogP contribution in [-0.4, -0.2) is 48.2 Å². The van der Waals surface area contributed by atoms with Crippen molar-refractivity contribution in [3.8, 4) is 0 Å². The second kappa shape index (κ2) is 8.95. The van der Waals surface area contributed by atoms with Crippen LogP contribution in [-0.2, 0) is 14.3 Å². The van der Waals surface area contributed by atoms with E-state index in [-0.39, 0.29) is 18.4 Å². The van der Waals surface area contributed by atoms with Crippen molar-refractivity contribution in [1.29, 1.82) is 0 Å². The first-order valence-corrected chi connectivity index (χ1v) is 7.40. The van der Waals surface area contributed by atoms with Crippen LogP contribution >= 0.6 is 0 Å². The van der Waals surface area contributed by atoms with Crippen LogP contribution in [0.15, 0.2) is 0 Å². The fourth-order valence-electron chi connectivity index (χ4n) is 2.27. The summed E-state index contributed by atoms with van der Waals surface area (Å²) in [5.41, 5.74) is -0.949. The van der Waals surface area contributed by atoms with Gasteiger partial charge in [0.25, 0.3) is 0 Å². The van der Waals surface area contributed by atoms with E-state index >= 15 is 0 Å². The molecule has 1 N–H and O–H groups in total. The van der Waals surface area contributed by atoms with Gasteiger partial charge in [-0.1, -0.05) is 20.8 Å². The molecule has 0 aliphatic carbocycles. The number of carbonyl (C=O) groups is 2. The quantitative estimate of drug-likeness (QED) is 0.670. The predicted octanol–water partition coefficient (Wildman–Crippen LogP) is 2.54. The van der Waals surface area contributed by atoms with Crippen molar-refractivity contribution in [1.82, 2.24) is 4.90 Å². The van der Waals surface area contributed by atoms with Gasteiger partial charge in [-0.15, -0.1) is 0 Å². The summed E-state index contributed by atoms with van der Waals surface area (Å²) >= 11 is 0. The van der Waals surface area contributed by atoms with E-state index < -0.39 is 11.4 Å². The Hall–Kier alpha value is -1.10. The van der Waals surface area contributed by atoms with Crippen molar-refractivity contribution < 1.29 is 19.4 Å². The highest BCUT2D eigenvalue weighted by Gasteiger charge is 2.38. The van der Waals surface area contributed by atoms with Crippen LogP contribution in [0.4, 0.5) is 0 Å². The van der Waals surface area contributed by atoms with Crippen LogP contribution in [0.2, 0.25) is 0 Å². The summed E-state index contributed by atoms with van der Waals surface area (Å²) in [6.45, 7) is 8.62. The number of nitrogens with zero attached hydrogens (tertiary/aromatic N) is 1. The Labute approximate surface area is 122 Å². The average molecular weight is 287 g/mol. The van der Waals surface area contributed by atoms with Crippen molar-refractivity contribution in [2.45, 2.75) is 59.4 Å². The molecule has 118 valence electrons. The van der Waals surface area contributed by atoms with Gasteiger partial charge in [0, 0.05) is 26.1 Å². The number of amides is 1. The Morgan fingerprint density at radius 2 is 1.80 bits per heavy atom. The largest absolute Gasteiger partial charge is 0.481 e. The minimum Gasteiger partial charge on any atom is -0.481 e. The highest BCUT2D eigenvalue weighted by molar-refractivity contribution is 5.85. The van der Waals surface area contributed by atoms with Crippen LogP contribution in [0.3, 0.4) is 0 Å². The predicted molar refractivity (Wildman–Crippen MR) is 78.6 cm³/mol. The maximum atomic E-state index is 12.5. The number of rotatable bonds is 10. The maximum Gasteiger partial charge on any atom is 0.310 e. The first kappa shape index (κ1) is 18.9. The molecule has 0 heterocycles. The molecule has 0 bridgehead atoms. The topological polar surface area (TPSA) is 66.8 Å². The van der Waals surface area contributed by atoms with Crippen LogP contribution in [0.5, 0.6) is 0 Å². The minimum absolute atomic E-state index is 0.0589. The highest BCUT2D eigenvalue weighted by Crippen LogP contribution is 2.32. The lowest BCUT2D eigenvalue weighted by Crippen LogP contribution is -2.44. The molecular weight excluding hydrogens is 258 g/mol. The number of carboxylic acid groups (broad SMARTS) is 1. The number of carboxylic acids is 1. The third-order valence-electron chi connectivity index (χ3n) is 4.28. The second-order valence-electron chi connectivity index (χ2n) is 5.31. The number of aliphatic carboxylic acids is 1. The normalized spacial score (nSPS) is 13.1. The van der Waals surface area contributed by atoms with Crippen LogP contribution < -0.4 is 0 Å². The third-order valence-corrected chi connectivity index (χ3v) is 4.28. The fourth-order valence-corrected chi connectivity index (χ4v) is 2.27. The molecule has 0 rings (SSSR count). The van der Waals surface area contributed by atoms with Crippen molar-refractivity contribution in [2.75, 3.05) is 20.3 Å². The first-order chi connectivity index (χ1) is 9.38. The molecule has 1 unspecified atom stereocenters. The zero-order valence-corrected chi connectivity index (χ0v) is 13.4. The molecule has 0 spiro atoms. The van der Waals surface area contributed by atoms with Crippen molar-refractivity contribution in [2.24, 2.45) is 5.41 Å². The van der Waals surface area contributed by atoms with Gasteiger partial charge in [0.15, 0.2) is 0 Å². The standard InChI is InChI=1S/C15H29NO4/c1-6-12(4)16(9-10-20-5)13(17)11-15(7-2,8-3)14(18)19/h12H,6-11H2,1-5H3,(H,18,19). The molecule has 0 aromatic rings. The molecule has 1 atom stereocenters. The Bertz CT molecular complexity index is 313. The zero-order chi connectivity index (χ0) is 15.8. The lowest BCUT2D eigenvalue weighted by Gasteiger charge is -2.33. The van der Waals surface area contributed by atoms with E-state index in [0.29, 0.717) is 26.0 Å². The average Bonchev–Trinajstić information content (AvgIpc) is 2.44. The third kappa shape index (κ3) is 4.78. The SMILES string of the molecule is CCC(C)N(CCOC)C(=O)CC(CC)(CC)C(=O)O. The van der Waals surface area contributed by atoms with Gasteiger partial charge in [0.05, 0.1) is 12.0 Å². The van der Waals surface area contributed by atoms with Crippen molar-refractivity contribution in [3.05, 3.63) is 0 Å². The molecule has 20 heavy (non-hydrogen) atoms. The van der Waals surface area contributed by atoms with Gasteiger partial charge in [-0.25, -0.2) is 0 Å². The lowest BCUT2D eigenvalue weighted by atomic mass is 9.79. The highest BCUT2D eigenvalue weighted by atomic mass is 16.5. The maximum absolute atomic E-state index is 12.5. The first-order valence-electron chi connectivity index (χ1n) is 7.40. The van der Waals surface area contributed by atoms with Gasteiger partial charge >= 0.3 is 5.97 Å². The molecule has 1 amide bonds. The molecule has 0 fully saturated rings. The van der Waals surface area contributed by atoms with E-state index in [1.807, 2.05) is 27.7 Å². The summed E-state index contributed by atoms with van der Waals surface area (Å²) < 4.78 is 5.04. The molecular formula is C15H29NO4. The summed E-state index contributed by atoms with van der Waals surface area (Å²) in [7, 11) is 1.60. The Morgan fingerprint density at radius 3 is 2.15 bits per heavy atom. The van der Waals surface area contributed by atoms with Gasteiger partial charge in [-0.3, -0.25) is 9.59 Å². The molecule has 0 aliphatic heterocycles. The number of carbonyl (C=O) groups excluding carboxylic acids is 1. The summed E-state index contributed by atoms with van der Waals surface area (Å²) in [5.74, 6) is -0.978. The Morgan fingerprint density at radius 1 is 1.25 bits per heavy atom. The van der Waals surface area contributed by atoms with Gasteiger partial charge in [-0.05, 0) is 26.2 Å². The number of ether oxygens (including phenoxy) is 1. The van der Waals surface area contributed by atoms with E-state index in [1.54, 1.807) is 12.0 Å². The van der Waals surface area contributed by atoms with Crippen molar-refractivity contribution >= 4 is 11.9 Å². The molecule has 0 aromatic carbocycles. The van der Waals surface area contributed by atoms with E-state index in [0.717, 1.165) is 6.42 Å². The summed E-state index contributed by atoms with van der Waals surface area (Å²) in [6.07, 6.45) is 1.82. The number of methoxy groups -OCH3 is 1. The zero-order valence-electron chi connectivity index (χ0n) is 13.4. The summed E-state index contributed by atoms with van der Waals surface area (Å²) in [4.78, 5) is 25.7. The summed E-state index contributed by atoms with van der Waals surface area (Å²) in [5, 5.41) is 9.43. The molecule has 5 heteroatoms. The van der Waals surface area contributed by atoms with E-state index in [9.17, 15) is 14.7 Å². The van der Waals surface area contributed by atoms with Crippen LogP contribution in [0.1, 0.15) is 53.4 Å². The lowest BCUT2D eigenvalue weighted by molar-refractivity contribution is -0.155. The molecule has 0 saturated heterocycles. The smallest absolute Gasteiger partial charge is 0.310 e. The summed E-state index contributed by atoms with van der Waals surface area (Å²) in [6, 6.07) is 0.0952. The molecule has 5 nitrogen and oxygen atoms in total. The molecule has 0 aliphatic rings. The Kier molecular flexibility index (Phi) is 8.46. The van der Waals surface area contributed by atoms with E-state index in [1.165, 1.54) is 0 Å². The van der Waals surface area contributed by atoms with Gasteiger partial charge in [-0.2, -0.15) is 0 Å². The number of hydrogen-bond acceptors (Lipinski definition) is 3. The molecule has 0 aromatic heterocycles. The van der Waals surface area contributed by atoms with Gasteiger partial charge in [0.1, 0.15) is 0 Å². The molecule has 0 saturated carbocycles. The molecule has 0 radical (unpaired) electrons. The minimum atomic E-state index is -0.949. The van der Waals surface area contributed by atoms with Gasteiger partial charge < -0.3 is 14.7 Å². The van der Waals surface area contributed by atoms with E-state index in [2.05, 4.69) is 0 Å².